The average molecular weight is 300 g/mol. The summed E-state index contributed by atoms with van der Waals surface area (Å²) in [5.74, 6) is 2.00. The first-order valence-corrected chi connectivity index (χ1v) is 7.53. The van der Waals surface area contributed by atoms with Gasteiger partial charge in [0, 0.05) is 12.6 Å². The second-order valence-corrected chi connectivity index (χ2v) is 5.75. The van der Waals surface area contributed by atoms with Crippen LogP contribution in [0.1, 0.15) is 39.2 Å². The first-order chi connectivity index (χ1) is 9.51. The van der Waals surface area contributed by atoms with Gasteiger partial charge in [0.05, 0.1) is 19.2 Å². The summed E-state index contributed by atoms with van der Waals surface area (Å²) in [4.78, 5) is 0. The minimum Gasteiger partial charge on any atom is -0.493 e. The Labute approximate surface area is 127 Å². The standard InChI is InChI=1S/C16H26ClNO2/c1-6-11(2)7-12(3)18-10-13-8-14(17)16(20-5)15(9-13)19-4/h8-9,11-12,18H,6-7,10H2,1-5H3. The number of halogens is 1. The predicted molar refractivity (Wildman–Crippen MR) is 84.9 cm³/mol. The van der Waals surface area contributed by atoms with E-state index >= 15 is 0 Å². The third kappa shape index (κ3) is 4.88. The summed E-state index contributed by atoms with van der Waals surface area (Å²) in [6, 6.07) is 4.37. The van der Waals surface area contributed by atoms with Crippen molar-refractivity contribution in [2.24, 2.45) is 5.92 Å². The van der Waals surface area contributed by atoms with Crippen molar-refractivity contribution >= 4 is 11.6 Å². The van der Waals surface area contributed by atoms with E-state index in [4.69, 9.17) is 21.1 Å². The molecule has 0 aromatic heterocycles. The Morgan fingerprint density at radius 3 is 2.45 bits per heavy atom. The Kier molecular flexibility index (Phi) is 7.17. The zero-order chi connectivity index (χ0) is 15.1. The Balaban J connectivity index is 2.67. The summed E-state index contributed by atoms with van der Waals surface area (Å²) in [5.41, 5.74) is 1.10. The quantitative estimate of drug-likeness (QED) is 0.777. The minimum absolute atomic E-state index is 0.483. The molecule has 0 fully saturated rings. The molecular weight excluding hydrogens is 274 g/mol. The first kappa shape index (κ1) is 17.1. The van der Waals surface area contributed by atoms with E-state index in [0.29, 0.717) is 22.6 Å². The summed E-state index contributed by atoms with van der Waals surface area (Å²) in [7, 11) is 3.22. The van der Waals surface area contributed by atoms with Crippen LogP contribution in [0.15, 0.2) is 12.1 Å². The van der Waals surface area contributed by atoms with Crippen LogP contribution >= 0.6 is 11.6 Å². The van der Waals surface area contributed by atoms with Crippen LogP contribution in [0.2, 0.25) is 5.02 Å². The number of ether oxygens (including phenoxy) is 2. The van der Waals surface area contributed by atoms with Crippen LogP contribution in [0.25, 0.3) is 0 Å². The molecule has 0 radical (unpaired) electrons. The molecule has 0 amide bonds. The highest BCUT2D eigenvalue weighted by Gasteiger charge is 2.12. The highest BCUT2D eigenvalue weighted by Crippen LogP contribution is 2.35. The van der Waals surface area contributed by atoms with Crippen LogP contribution in [-0.4, -0.2) is 20.3 Å². The van der Waals surface area contributed by atoms with E-state index in [-0.39, 0.29) is 0 Å². The van der Waals surface area contributed by atoms with Crippen LogP contribution in [0.3, 0.4) is 0 Å². The summed E-state index contributed by atoms with van der Waals surface area (Å²) < 4.78 is 10.5. The number of methoxy groups -OCH3 is 2. The van der Waals surface area contributed by atoms with E-state index in [1.165, 1.54) is 12.8 Å². The van der Waals surface area contributed by atoms with Gasteiger partial charge in [-0.1, -0.05) is 31.9 Å². The molecule has 2 atom stereocenters. The first-order valence-electron chi connectivity index (χ1n) is 7.15. The molecule has 1 aromatic carbocycles. The summed E-state index contributed by atoms with van der Waals surface area (Å²) in [6.07, 6.45) is 2.39. The molecular formula is C16H26ClNO2. The highest BCUT2D eigenvalue weighted by molar-refractivity contribution is 6.32. The van der Waals surface area contributed by atoms with E-state index in [2.05, 4.69) is 26.1 Å². The molecule has 0 aliphatic rings. The Morgan fingerprint density at radius 1 is 1.20 bits per heavy atom. The van der Waals surface area contributed by atoms with Gasteiger partial charge in [-0.2, -0.15) is 0 Å². The van der Waals surface area contributed by atoms with Crippen molar-refractivity contribution in [3.8, 4) is 11.5 Å². The molecule has 1 rings (SSSR count). The second-order valence-electron chi connectivity index (χ2n) is 5.34. The van der Waals surface area contributed by atoms with Gasteiger partial charge in [0.2, 0.25) is 0 Å². The smallest absolute Gasteiger partial charge is 0.179 e. The van der Waals surface area contributed by atoms with Gasteiger partial charge in [0.25, 0.3) is 0 Å². The van der Waals surface area contributed by atoms with E-state index in [9.17, 15) is 0 Å². The van der Waals surface area contributed by atoms with Crippen LogP contribution in [0.4, 0.5) is 0 Å². The number of hydrogen-bond acceptors (Lipinski definition) is 3. The van der Waals surface area contributed by atoms with Gasteiger partial charge in [0.15, 0.2) is 11.5 Å². The monoisotopic (exact) mass is 299 g/mol. The highest BCUT2D eigenvalue weighted by atomic mass is 35.5. The molecule has 1 N–H and O–H groups in total. The molecule has 0 spiro atoms. The fourth-order valence-corrected chi connectivity index (χ4v) is 2.53. The lowest BCUT2D eigenvalue weighted by Crippen LogP contribution is -2.27. The summed E-state index contributed by atoms with van der Waals surface area (Å²) in [5, 5.41) is 4.11. The normalized spacial score (nSPS) is 13.9. The van der Waals surface area contributed by atoms with Gasteiger partial charge in [-0.05, 0) is 37.0 Å². The lowest BCUT2D eigenvalue weighted by molar-refractivity contribution is 0.354. The molecule has 114 valence electrons. The molecule has 0 saturated carbocycles. The summed E-state index contributed by atoms with van der Waals surface area (Å²) >= 11 is 6.20. The SMILES string of the molecule is CCC(C)CC(C)NCc1cc(Cl)c(OC)c(OC)c1. The van der Waals surface area contributed by atoms with E-state index in [1.807, 2.05) is 12.1 Å². The maximum atomic E-state index is 6.20. The molecule has 3 nitrogen and oxygen atoms in total. The molecule has 0 bridgehead atoms. The molecule has 0 saturated heterocycles. The van der Waals surface area contributed by atoms with Gasteiger partial charge >= 0.3 is 0 Å². The third-order valence-electron chi connectivity index (χ3n) is 3.60. The second kappa shape index (κ2) is 8.38. The summed E-state index contributed by atoms with van der Waals surface area (Å²) in [6.45, 7) is 7.50. The molecule has 0 aliphatic carbocycles. The Bertz CT molecular complexity index is 423. The van der Waals surface area contributed by atoms with E-state index < -0.39 is 0 Å². The van der Waals surface area contributed by atoms with Crippen LogP contribution in [-0.2, 0) is 6.54 Å². The lowest BCUT2D eigenvalue weighted by atomic mass is 10.0. The third-order valence-corrected chi connectivity index (χ3v) is 3.88. The fourth-order valence-electron chi connectivity index (χ4n) is 2.22. The van der Waals surface area contributed by atoms with Gasteiger partial charge in [-0.25, -0.2) is 0 Å². The topological polar surface area (TPSA) is 30.5 Å². The Morgan fingerprint density at radius 2 is 1.90 bits per heavy atom. The van der Waals surface area contributed by atoms with Crippen molar-refractivity contribution < 1.29 is 9.47 Å². The lowest BCUT2D eigenvalue weighted by Gasteiger charge is -2.18. The number of nitrogens with one attached hydrogen (secondary N) is 1. The van der Waals surface area contributed by atoms with Gasteiger partial charge in [-0.3, -0.25) is 0 Å². The van der Waals surface area contributed by atoms with Crippen molar-refractivity contribution in [3.63, 3.8) is 0 Å². The van der Waals surface area contributed by atoms with Crippen molar-refractivity contribution in [3.05, 3.63) is 22.7 Å². The van der Waals surface area contributed by atoms with Gasteiger partial charge in [0.1, 0.15) is 0 Å². The minimum atomic E-state index is 0.483. The predicted octanol–water partition coefficient (Wildman–Crippen LogP) is 4.27. The maximum absolute atomic E-state index is 6.20. The zero-order valence-corrected chi connectivity index (χ0v) is 13.9. The zero-order valence-electron chi connectivity index (χ0n) is 13.1. The largest absolute Gasteiger partial charge is 0.493 e. The molecule has 0 aliphatic heterocycles. The van der Waals surface area contributed by atoms with Crippen molar-refractivity contribution in [1.29, 1.82) is 0 Å². The number of hydrogen-bond donors (Lipinski definition) is 1. The van der Waals surface area contributed by atoms with E-state index in [0.717, 1.165) is 18.0 Å². The van der Waals surface area contributed by atoms with Crippen LogP contribution in [0.5, 0.6) is 11.5 Å². The van der Waals surface area contributed by atoms with Crippen molar-refractivity contribution in [2.45, 2.75) is 46.2 Å². The maximum Gasteiger partial charge on any atom is 0.179 e. The molecule has 4 heteroatoms. The van der Waals surface area contributed by atoms with Gasteiger partial charge < -0.3 is 14.8 Å². The van der Waals surface area contributed by atoms with Crippen LogP contribution < -0.4 is 14.8 Å². The molecule has 20 heavy (non-hydrogen) atoms. The van der Waals surface area contributed by atoms with Crippen molar-refractivity contribution in [2.75, 3.05) is 14.2 Å². The van der Waals surface area contributed by atoms with Crippen molar-refractivity contribution in [1.82, 2.24) is 5.32 Å². The molecule has 1 aromatic rings. The number of benzene rings is 1. The number of rotatable bonds is 8. The van der Waals surface area contributed by atoms with Crippen LogP contribution in [0, 0.1) is 5.92 Å². The van der Waals surface area contributed by atoms with E-state index in [1.54, 1.807) is 14.2 Å². The molecule has 2 unspecified atom stereocenters. The molecule has 0 heterocycles. The average Bonchev–Trinajstić information content (AvgIpc) is 2.44. The fraction of sp³-hybridized carbons (Fsp3) is 0.625. The Hall–Kier alpha value is -0.930. The van der Waals surface area contributed by atoms with Gasteiger partial charge in [-0.15, -0.1) is 0 Å².